The maximum atomic E-state index is 12.5. The minimum atomic E-state index is -0.838. The third kappa shape index (κ3) is 0.922. The van der Waals surface area contributed by atoms with E-state index in [-0.39, 0.29) is 0 Å². The Morgan fingerprint density at radius 1 is 1.50 bits per heavy atom. The van der Waals surface area contributed by atoms with Crippen LogP contribution in [-0.2, 0) is 0 Å². The predicted molar refractivity (Wildman–Crippen MR) is 40.5 cm³/mol. The van der Waals surface area contributed by atoms with Gasteiger partial charge in [-0.15, -0.1) is 4.39 Å². The first-order chi connectivity index (χ1) is 5.81. The summed E-state index contributed by atoms with van der Waals surface area (Å²) in [6, 6.07) is 5.07. The molecular formula is C8H6FNO2. The van der Waals surface area contributed by atoms with E-state index in [0.717, 1.165) is 0 Å². The van der Waals surface area contributed by atoms with Crippen molar-refractivity contribution >= 4 is 11.1 Å². The summed E-state index contributed by atoms with van der Waals surface area (Å²) in [4.78, 5) is 3.51. The van der Waals surface area contributed by atoms with Gasteiger partial charge in [-0.25, -0.2) is 0 Å². The van der Waals surface area contributed by atoms with Crippen molar-refractivity contribution in [3.8, 4) is 5.75 Å². The zero-order valence-electron chi connectivity index (χ0n) is 6.37. The maximum absolute atomic E-state index is 12.5. The lowest BCUT2D eigenvalue weighted by Crippen LogP contribution is -1.81. The maximum Gasteiger partial charge on any atom is 0.382 e. The number of ether oxygens (including phenoxy) is 1. The summed E-state index contributed by atoms with van der Waals surface area (Å²) in [6.07, 6.45) is -0.838. The molecule has 0 bridgehead atoms. The number of hydrogen-bond donors (Lipinski definition) is 0. The lowest BCUT2D eigenvalue weighted by Gasteiger charge is -1.96. The molecule has 4 heteroatoms. The molecule has 0 amide bonds. The molecule has 2 rings (SSSR count). The van der Waals surface area contributed by atoms with Crippen LogP contribution in [-0.4, -0.2) is 12.1 Å². The second kappa shape index (κ2) is 2.48. The van der Waals surface area contributed by atoms with Crippen LogP contribution in [0.25, 0.3) is 11.1 Å². The van der Waals surface area contributed by atoms with Crippen LogP contribution in [0.4, 0.5) is 4.39 Å². The summed E-state index contributed by atoms with van der Waals surface area (Å²) in [7, 11) is 1.50. The van der Waals surface area contributed by atoms with Crippen molar-refractivity contribution in [1.29, 1.82) is 0 Å². The van der Waals surface area contributed by atoms with Crippen LogP contribution >= 0.6 is 0 Å². The molecule has 3 nitrogen and oxygen atoms in total. The molecule has 62 valence electrons. The fourth-order valence-corrected chi connectivity index (χ4v) is 1.06. The molecule has 0 spiro atoms. The van der Waals surface area contributed by atoms with Crippen LogP contribution in [0.15, 0.2) is 22.6 Å². The smallest absolute Gasteiger partial charge is 0.382 e. The summed E-state index contributed by atoms with van der Waals surface area (Å²) < 4.78 is 22.1. The zero-order valence-corrected chi connectivity index (χ0v) is 6.37. The Hall–Kier alpha value is -1.58. The molecule has 1 aromatic heterocycles. The zero-order chi connectivity index (χ0) is 8.55. The average Bonchev–Trinajstić information content (AvgIpc) is 2.44. The molecule has 0 fully saturated rings. The van der Waals surface area contributed by atoms with E-state index in [9.17, 15) is 4.39 Å². The quantitative estimate of drug-likeness (QED) is 0.651. The van der Waals surface area contributed by atoms with Gasteiger partial charge in [0.15, 0.2) is 11.3 Å². The van der Waals surface area contributed by atoms with Gasteiger partial charge in [-0.1, -0.05) is 6.07 Å². The average molecular weight is 167 g/mol. The highest BCUT2D eigenvalue weighted by Crippen LogP contribution is 2.24. The van der Waals surface area contributed by atoms with Crippen LogP contribution < -0.4 is 4.74 Å². The Balaban J connectivity index is 2.78. The molecule has 0 atom stereocenters. The van der Waals surface area contributed by atoms with Crippen molar-refractivity contribution < 1.29 is 13.5 Å². The lowest BCUT2D eigenvalue weighted by atomic mass is 10.3. The van der Waals surface area contributed by atoms with E-state index in [1.165, 1.54) is 7.11 Å². The van der Waals surface area contributed by atoms with Crippen molar-refractivity contribution in [3.63, 3.8) is 0 Å². The van der Waals surface area contributed by atoms with E-state index >= 15 is 0 Å². The van der Waals surface area contributed by atoms with Crippen LogP contribution in [0.3, 0.4) is 0 Å². The minimum absolute atomic E-state index is 0.345. The van der Waals surface area contributed by atoms with Crippen molar-refractivity contribution in [2.45, 2.75) is 0 Å². The molecular weight excluding hydrogens is 161 g/mol. The molecule has 1 aromatic carbocycles. The molecule has 0 saturated carbocycles. The van der Waals surface area contributed by atoms with Gasteiger partial charge in [-0.05, 0) is 12.1 Å². The number of hydrogen-bond acceptors (Lipinski definition) is 3. The van der Waals surface area contributed by atoms with Gasteiger partial charge in [0, 0.05) is 0 Å². The Bertz CT molecular complexity index is 410. The van der Waals surface area contributed by atoms with E-state index < -0.39 is 6.14 Å². The number of benzene rings is 1. The first kappa shape index (κ1) is 7.09. The molecule has 12 heavy (non-hydrogen) atoms. The predicted octanol–water partition coefficient (Wildman–Crippen LogP) is 1.98. The summed E-state index contributed by atoms with van der Waals surface area (Å²) in [5, 5.41) is 0. The van der Waals surface area contributed by atoms with Crippen LogP contribution in [0.2, 0.25) is 0 Å². The Morgan fingerprint density at radius 2 is 2.33 bits per heavy atom. The lowest BCUT2D eigenvalue weighted by molar-refractivity contribution is 0.343. The normalized spacial score (nSPS) is 10.5. The van der Waals surface area contributed by atoms with Gasteiger partial charge in [0.25, 0.3) is 0 Å². The third-order valence-corrected chi connectivity index (χ3v) is 1.57. The van der Waals surface area contributed by atoms with Crippen molar-refractivity contribution in [1.82, 2.24) is 4.98 Å². The van der Waals surface area contributed by atoms with Crippen LogP contribution in [0.1, 0.15) is 0 Å². The topological polar surface area (TPSA) is 35.3 Å². The number of oxazole rings is 1. The van der Waals surface area contributed by atoms with E-state index in [4.69, 9.17) is 4.74 Å². The number of para-hydroxylation sites is 1. The number of methoxy groups -OCH3 is 1. The second-order valence-electron chi connectivity index (χ2n) is 2.28. The summed E-state index contributed by atoms with van der Waals surface area (Å²) >= 11 is 0. The largest absolute Gasteiger partial charge is 0.493 e. The summed E-state index contributed by atoms with van der Waals surface area (Å²) in [5.74, 6) is 0.490. The summed E-state index contributed by atoms with van der Waals surface area (Å²) in [5.41, 5.74) is 0.810. The number of rotatable bonds is 1. The van der Waals surface area contributed by atoms with E-state index in [1.54, 1.807) is 18.2 Å². The highest BCUT2D eigenvalue weighted by Gasteiger charge is 2.08. The van der Waals surface area contributed by atoms with Gasteiger partial charge in [-0.2, -0.15) is 4.98 Å². The van der Waals surface area contributed by atoms with Gasteiger partial charge < -0.3 is 9.15 Å². The molecule has 0 N–H and O–H groups in total. The van der Waals surface area contributed by atoms with Crippen molar-refractivity contribution in [3.05, 3.63) is 24.3 Å². The Labute approximate surface area is 67.8 Å². The molecule has 0 aliphatic rings. The fourth-order valence-electron chi connectivity index (χ4n) is 1.06. The summed E-state index contributed by atoms with van der Waals surface area (Å²) in [6.45, 7) is 0. The molecule has 1 heterocycles. The van der Waals surface area contributed by atoms with Crippen molar-refractivity contribution in [2.24, 2.45) is 0 Å². The van der Waals surface area contributed by atoms with Gasteiger partial charge in [0.05, 0.1) is 7.11 Å². The number of halogens is 1. The van der Waals surface area contributed by atoms with Gasteiger partial charge in [-0.3, -0.25) is 0 Å². The number of fused-ring (bicyclic) bond motifs is 1. The fraction of sp³-hybridized carbons (Fsp3) is 0.125. The van der Waals surface area contributed by atoms with E-state index in [1.807, 2.05) is 0 Å². The first-order valence-corrected chi connectivity index (χ1v) is 3.40. The van der Waals surface area contributed by atoms with Crippen LogP contribution in [0.5, 0.6) is 5.75 Å². The molecule has 0 aliphatic carbocycles. The van der Waals surface area contributed by atoms with Gasteiger partial charge in [0.2, 0.25) is 0 Å². The number of aromatic nitrogens is 1. The van der Waals surface area contributed by atoms with Crippen LogP contribution in [0, 0.1) is 6.14 Å². The Morgan fingerprint density at radius 3 is 3.08 bits per heavy atom. The highest BCUT2D eigenvalue weighted by molar-refractivity contribution is 5.78. The molecule has 0 saturated heterocycles. The monoisotopic (exact) mass is 167 g/mol. The third-order valence-electron chi connectivity index (χ3n) is 1.57. The second-order valence-corrected chi connectivity index (χ2v) is 2.28. The van der Waals surface area contributed by atoms with E-state index in [2.05, 4.69) is 9.40 Å². The number of nitrogens with zero attached hydrogens (tertiary/aromatic N) is 1. The molecule has 0 unspecified atom stereocenters. The molecule has 0 aliphatic heterocycles. The molecule has 2 aromatic rings. The molecule has 0 radical (unpaired) electrons. The van der Waals surface area contributed by atoms with Crippen molar-refractivity contribution in [2.75, 3.05) is 7.11 Å². The highest BCUT2D eigenvalue weighted by atomic mass is 19.1. The van der Waals surface area contributed by atoms with Gasteiger partial charge >= 0.3 is 6.14 Å². The minimum Gasteiger partial charge on any atom is -0.493 e. The standard InChI is InChI=1S/C8H6FNO2/c1-11-6-4-2-3-5-7(6)12-8(9)10-5/h2-4H,1H3. The van der Waals surface area contributed by atoms with Gasteiger partial charge in [0.1, 0.15) is 5.52 Å². The SMILES string of the molecule is COc1cccc2nc(F)oc12. The Kier molecular flexibility index (Phi) is 1.46. The van der Waals surface area contributed by atoms with E-state index in [0.29, 0.717) is 16.8 Å². The first-order valence-electron chi connectivity index (χ1n) is 3.40.